The molecule has 0 nitrogen and oxygen atoms in total. The molecule has 0 bridgehead atoms. The highest BCUT2D eigenvalue weighted by atomic mass is 35.5. The standard InChI is InChI=1S/C14H10Cl4/c1-8-2-3-9(15)6-11(8)14(18)12-7-10(16)4-5-13(12)17/h2-7,14H,1H3. The van der Waals surface area contributed by atoms with Gasteiger partial charge in [0.05, 0.1) is 5.38 Å². The van der Waals surface area contributed by atoms with E-state index >= 15 is 0 Å². The van der Waals surface area contributed by atoms with Crippen molar-refractivity contribution in [2.24, 2.45) is 0 Å². The zero-order valence-corrected chi connectivity index (χ0v) is 12.6. The van der Waals surface area contributed by atoms with Gasteiger partial charge in [0.2, 0.25) is 0 Å². The molecule has 0 heterocycles. The minimum atomic E-state index is -0.366. The van der Waals surface area contributed by atoms with E-state index in [0.717, 1.165) is 16.7 Å². The second-order valence-electron chi connectivity index (χ2n) is 4.03. The molecule has 0 spiro atoms. The smallest absolute Gasteiger partial charge is 0.0853 e. The molecular weight excluding hydrogens is 310 g/mol. The van der Waals surface area contributed by atoms with Crippen molar-refractivity contribution >= 4 is 46.4 Å². The second-order valence-corrected chi connectivity index (χ2v) is 5.75. The van der Waals surface area contributed by atoms with Crippen LogP contribution in [-0.4, -0.2) is 0 Å². The van der Waals surface area contributed by atoms with Crippen LogP contribution in [0.3, 0.4) is 0 Å². The summed E-state index contributed by atoms with van der Waals surface area (Å²) in [4.78, 5) is 0. The first-order chi connectivity index (χ1) is 8.49. The van der Waals surface area contributed by atoms with Gasteiger partial charge >= 0.3 is 0 Å². The van der Waals surface area contributed by atoms with Crippen molar-refractivity contribution in [1.82, 2.24) is 0 Å². The molecule has 0 saturated carbocycles. The molecule has 0 aliphatic rings. The predicted molar refractivity (Wildman–Crippen MR) is 80.3 cm³/mol. The number of rotatable bonds is 2. The molecule has 94 valence electrons. The molecule has 2 aromatic carbocycles. The summed E-state index contributed by atoms with van der Waals surface area (Å²) < 4.78 is 0. The molecule has 1 unspecified atom stereocenters. The summed E-state index contributed by atoms with van der Waals surface area (Å²) in [6.45, 7) is 1.99. The van der Waals surface area contributed by atoms with E-state index in [1.807, 2.05) is 25.1 Å². The Hall–Kier alpha value is -0.400. The lowest BCUT2D eigenvalue weighted by molar-refractivity contribution is 1.11. The van der Waals surface area contributed by atoms with Gasteiger partial charge in [-0.2, -0.15) is 0 Å². The largest absolute Gasteiger partial charge is 0.113 e. The fraction of sp³-hybridized carbons (Fsp3) is 0.143. The summed E-state index contributed by atoms with van der Waals surface area (Å²) in [5.74, 6) is 0. The molecule has 18 heavy (non-hydrogen) atoms. The molecule has 0 N–H and O–H groups in total. The van der Waals surface area contributed by atoms with E-state index in [2.05, 4.69) is 0 Å². The molecule has 0 radical (unpaired) electrons. The van der Waals surface area contributed by atoms with E-state index in [1.165, 1.54) is 0 Å². The van der Waals surface area contributed by atoms with Crippen LogP contribution in [0.2, 0.25) is 15.1 Å². The van der Waals surface area contributed by atoms with Crippen LogP contribution in [0.1, 0.15) is 22.1 Å². The van der Waals surface area contributed by atoms with Crippen molar-refractivity contribution in [3.8, 4) is 0 Å². The summed E-state index contributed by atoms with van der Waals surface area (Å²) in [6.07, 6.45) is 0. The monoisotopic (exact) mass is 318 g/mol. The first-order valence-electron chi connectivity index (χ1n) is 5.34. The maximum atomic E-state index is 6.48. The minimum absolute atomic E-state index is 0.366. The zero-order chi connectivity index (χ0) is 13.3. The maximum Gasteiger partial charge on any atom is 0.0853 e. The van der Waals surface area contributed by atoms with Crippen LogP contribution < -0.4 is 0 Å². The third kappa shape index (κ3) is 2.95. The van der Waals surface area contributed by atoms with Crippen LogP contribution >= 0.6 is 46.4 Å². The molecule has 0 fully saturated rings. The Labute approximate surface area is 126 Å². The van der Waals surface area contributed by atoms with E-state index in [9.17, 15) is 0 Å². The Kier molecular flexibility index (Phi) is 4.45. The van der Waals surface area contributed by atoms with Crippen molar-refractivity contribution in [3.05, 3.63) is 68.2 Å². The lowest BCUT2D eigenvalue weighted by Crippen LogP contribution is -1.97. The van der Waals surface area contributed by atoms with Crippen LogP contribution in [0.4, 0.5) is 0 Å². The van der Waals surface area contributed by atoms with Gasteiger partial charge in [-0.15, -0.1) is 11.6 Å². The van der Waals surface area contributed by atoms with Crippen LogP contribution in [0.15, 0.2) is 36.4 Å². The van der Waals surface area contributed by atoms with Gasteiger partial charge in [0, 0.05) is 15.1 Å². The van der Waals surface area contributed by atoms with Crippen molar-refractivity contribution < 1.29 is 0 Å². The summed E-state index contributed by atoms with van der Waals surface area (Å²) in [7, 11) is 0. The zero-order valence-electron chi connectivity index (χ0n) is 9.55. The Morgan fingerprint density at radius 1 is 0.833 bits per heavy atom. The second kappa shape index (κ2) is 5.71. The summed E-state index contributed by atoms with van der Waals surface area (Å²) in [5.41, 5.74) is 2.79. The molecule has 0 aromatic heterocycles. The number of aryl methyl sites for hydroxylation is 1. The number of halogens is 4. The van der Waals surface area contributed by atoms with Crippen LogP contribution in [0.5, 0.6) is 0 Å². The molecule has 2 aromatic rings. The van der Waals surface area contributed by atoms with Crippen LogP contribution in [0.25, 0.3) is 0 Å². The Bertz CT molecular complexity index is 527. The first-order valence-corrected chi connectivity index (χ1v) is 6.91. The van der Waals surface area contributed by atoms with Gasteiger partial charge in [-0.1, -0.05) is 40.9 Å². The molecule has 0 saturated heterocycles. The fourth-order valence-corrected chi connectivity index (χ4v) is 2.82. The van der Waals surface area contributed by atoms with Crippen molar-refractivity contribution in [1.29, 1.82) is 0 Å². The van der Waals surface area contributed by atoms with Crippen molar-refractivity contribution in [2.75, 3.05) is 0 Å². The van der Waals surface area contributed by atoms with Gasteiger partial charge in [-0.25, -0.2) is 0 Å². The Morgan fingerprint density at radius 2 is 1.39 bits per heavy atom. The molecular formula is C14H10Cl4. The van der Waals surface area contributed by atoms with Gasteiger partial charge < -0.3 is 0 Å². The summed E-state index contributed by atoms with van der Waals surface area (Å²) in [5, 5.41) is 1.49. The van der Waals surface area contributed by atoms with Gasteiger partial charge in [0.15, 0.2) is 0 Å². The molecule has 0 amide bonds. The SMILES string of the molecule is Cc1ccc(Cl)cc1C(Cl)c1cc(Cl)ccc1Cl. The van der Waals surface area contributed by atoms with Gasteiger partial charge in [0.25, 0.3) is 0 Å². The first kappa shape index (κ1) is 14.0. The normalized spacial score (nSPS) is 12.5. The maximum absolute atomic E-state index is 6.48. The third-order valence-electron chi connectivity index (χ3n) is 2.75. The predicted octanol–water partition coefficient (Wildman–Crippen LogP) is 6.28. The number of benzene rings is 2. The van der Waals surface area contributed by atoms with Gasteiger partial charge in [0.1, 0.15) is 0 Å². The van der Waals surface area contributed by atoms with Gasteiger partial charge in [-0.3, -0.25) is 0 Å². The highest BCUT2D eigenvalue weighted by molar-refractivity contribution is 6.35. The Balaban J connectivity index is 2.50. The molecule has 4 heteroatoms. The molecule has 2 rings (SSSR count). The van der Waals surface area contributed by atoms with Crippen molar-refractivity contribution in [2.45, 2.75) is 12.3 Å². The average molecular weight is 320 g/mol. The highest BCUT2D eigenvalue weighted by Crippen LogP contribution is 2.37. The number of hydrogen-bond donors (Lipinski definition) is 0. The van der Waals surface area contributed by atoms with E-state index in [0.29, 0.717) is 15.1 Å². The average Bonchev–Trinajstić information content (AvgIpc) is 2.34. The third-order valence-corrected chi connectivity index (χ3v) is 4.03. The van der Waals surface area contributed by atoms with E-state index in [1.54, 1.807) is 18.2 Å². The lowest BCUT2D eigenvalue weighted by atomic mass is 10.00. The highest BCUT2D eigenvalue weighted by Gasteiger charge is 2.17. The number of alkyl halides is 1. The summed E-state index contributed by atoms with van der Waals surface area (Å²) in [6, 6.07) is 10.9. The lowest BCUT2D eigenvalue weighted by Gasteiger charge is -2.15. The Morgan fingerprint density at radius 3 is 2.06 bits per heavy atom. The van der Waals surface area contributed by atoms with E-state index < -0.39 is 0 Å². The molecule has 1 atom stereocenters. The van der Waals surface area contributed by atoms with Crippen LogP contribution in [-0.2, 0) is 0 Å². The van der Waals surface area contributed by atoms with E-state index in [-0.39, 0.29) is 5.38 Å². The molecule has 0 aliphatic heterocycles. The van der Waals surface area contributed by atoms with E-state index in [4.69, 9.17) is 46.4 Å². The minimum Gasteiger partial charge on any atom is -0.113 e. The fourth-order valence-electron chi connectivity index (χ4n) is 1.76. The number of hydrogen-bond acceptors (Lipinski definition) is 0. The quantitative estimate of drug-likeness (QED) is 0.571. The van der Waals surface area contributed by atoms with Gasteiger partial charge in [-0.05, 0) is 53.9 Å². The van der Waals surface area contributed by atoms with Crippen LogP contribution in [0, 0.1) is 6.92 Å². The summed E-state index contributed by atoms with van der Waals surface area (Å²) >= 11 is 24.6. The topological polar surface area (TPSA) is 0 Å². The van der Waals surface area contributed by atoms with Crippen molar-refractivity contribution in [3.63, 3.8) is 0 Å². The molecule has 0 aliphatic carbocycles.